The zero-order valence-corrected chi connectivity index (χ0v) is 18.6. The highest BCUT2D eigenvalue weighted by Crippen LogP contribution is 2.42. The third kappa shape index (κ3) is 6.07. The van der Waals surface area contributed by atoms with Crippen LogP contribution in [-0.4, -0.2) is 17.6 Å². The Kier molecular flexibility index (Phi) is 7.68. The summed E-state index contributed by atoms with van der Waals surface area (Å²) >= 11 is 0.477. The Hall–Kier alpha value is -3.01. The van der Waals surface area contributed by atoms with E-state index in [0.717, 1.165) is 12.1 Å². The minimum absolute atomic E-state index is 0.0419. The van der Waals surface area contributed by atoms with Crippen LogP contribution in [0.15, 0.2) is 35.8 Å². The number of pyridine rings is 1. The molecule has 0 saturated heterocycles. The predicted octanol–water partition coefficient (Wildman–Crippen LogP) is 6.49. The number of alkyl halides is 3. The Morgan fingerprint density at radius 2 is 1.85 bits per heavy atom. The fourth-order valence-corrected chi connectivity index (χ4v) is 4.11. The van der Waals surface area contributed by atoms with Gasteiger partial charge in [-0.05, 0) is 49.4 Å². The first-order valence-electron chi connectivity index (χ1n) is 9.97. The van der Waals surface area contributed by atoms with Gasteiger partial charge in [-0.1, -0.05) is 6.07 Å². The highest BCUT2D eigenvalue weighted by atomic mass is 32.1. The molecule has 4 nitrogen and oxygen atoms in total. The molecule has 0 spiro atoms. The van der Waals surface area contributed by atoms with E-state index >= 15 is 0 Å². The first-order chi connectivity index (χ1) is 15.6. The maximum Gasteiger partial charge on any atom is 0.426 e. The lowest BCUT2D eigenvalue weighted by Gasteiger charge is -2.14. The number of rotatable bonds is 8. The summed E-state index contributed by atoms with van der Waals surface area (Å²) in [5.74, 6) is -3.44. The summed E-state index contributed by atoms with van der Waals surface area (Å²) in [4.78, 5) is 14.6. The minimum atomic E-state index is -4.66. The van der Waals surface area contributed by atoms with Gasteiger partial charge in [0, 0.05) is 35.0 Å². The SMILES string of the molecule is CCOC(=O)CCc1cc(F)c(OCc2c(-c3ccc(C)nc3)csc2C(F)(F)F)c(F)c1. The van der Waals surface area contributed by atoms with Crippen LogP contribution in [0.4, 0.5) is 22.0 Å². The molecule has 0 aliphatic heterocycles. The molecule has 2 aromatic heterocycles. The van der Waals surface area contributed by atoms with Crippen molar-refractivity contribution in [3.05, 3.63) is 69.2 Å². The number of aryl methyl sites for hydroxylation is 2. The van der Waals surface area contributed by atoms with Crippen LogP contribution in [0.25, 0.3) is 11.1 Å². The number of esters is 1. The fourth-order valence-electron chi connectivity index (χ4n) is 3.15. The number of carbonyl (C=O) groups excluding carboxylic acids is 1. The molecular formula is C23H20F5NO3S. The molecule has 0 aliphatic rings. The van der Waals surface area contributed by atoms with Crippen molar-refractivity contribution < 1.29 is 36.2 Å². The lowest BCUT2D eigenvalue weighted by atomic mass is 10.0. The monoisotopic (exact) mass is 485 g/mol. The molecular weight excluding hydrogens is 465 g/mol. The van der Waals surface area contributed by atoms with Crippen molar-refractivity contribution in [1.29, 1.82) is 0 Å². The number of aromatic nitrogens is 1. The highest BCUT2D eigenvalue weighted by Gasteiger charge is 2.37. The summed E-state index contributed by atoms with van der Waals surface area (Å²) in [6, 6.07) is 5.24. The average Bonchev–Trinajstić information content (AvgIpc) is 3.17. The van der Waals surface area contributed by atoms with Crippen LogP contribution in [-0.2, 0) is 28.7 Å². The summed E-state index contributed by atoms with van der Waals surface area (Å²) in [5, 5.41) is 1.32. The first-order valence-corrected chi connectivity index (χ1v) is 10.8. The van der Waals surface area contributed by atoms with Gasteiger partial charge in [0.2, 0.25) is 0 Å². The van der Waals surface area contributed by atoms with E-state index in [1.807, 2.05) is 0 Å². The molecule has 1 aromatic carbocycles. The Labute approximate surface area is 191 Å². The van der Waals surface area contributed by atoms with Crippen LogP contribution in [0.2, 0.25) is 0 Å². The molecule has 0 amide bonds. The van der Waals surface area contributed by atoms with Gasteiger partial charge < -0.3 is 9.47 Å². The molecule has 0 saturated carbocycles. The molecule has 10 heteroatoms. The second-order valence-electron chi connectivity index (χ2n) is 7.13. The average molecular weight is 485 g/mol. The van der Waals surface area contributed by atoms with Crippen LogP contribution in [0.1, 0.15) is 35.0 Å². The van der Waals surface area contributed by atoms with E-state index in [-0.39, 0.29) is 36.1 Å². The number of benzene rings is 1. The second kappa shape index (κ2) is 10.3. The van der Waals surface area contributed by atoms with E-state index in [2.05, 4.69) is 4.98 Å². The largest absolute Gasteiger partial charge is 0.483 e. The van der Waals surface area contributed by atoms with E-state index in [0.29, 0.717) is 22.6 Å². The van der Waals surface area contributed by atoms with Crippen LogP contribution in [0, 0.1) is 18.6 Å². The second-order valence-corrected chi connectivity index (χ2v) is 8.01. The van der Waals surface area contributed by atoms with E-state index in [4.69, 9.17) is 9.47 Å². The molecule has 176 valence electrons. The molecule has 3 aromatic rings. The maximum absolute atomic E-state index is 14.5. The highest BCUT2D eigenvalue weighted by molar-refractivity contribution is 7.10. The molecule has 0 bridgehead atoms. The molecule has 0 radical (unpaired) electrons. The van der Waals surface area contributed by atoms with Crippen LogP contribution < -0.4 is 4.74 Å². The lowest BCUT2D eigenvalue weighted by Crippen LogP contribution is -2.10. The molecule has 3 rings (SSSR count). The Balaban J connectivity index is 1.85. The van der Waals surface area contributed by atoms with Gasteiger partial charge in [-0.2, -0.15) is 13.2 Å². The van der Waals surface area contributed by atoms with E-state index in [1.165, 1.54) is 11.6 Å². The number of ether oxygens (including phenoxy) is 2. The molecule has 33 heavy (non-hydrogen) atoms. The Morgan fingerprint density at radius 3 is 2.42 bits per heavy atom. The maximum atomic E-state index is 14.5. The topological polar surface area (TPSA) is 48.4 Å². The van der Waals surface area contributed by atoms with Crippen molar-refractivity contribution in [2.75, 3.05) is 6.61 Å². The van der Waals surface area contributed by atoms with Gasteiger partial charge in [-0.15, -0.1) is 11.3 Å². The molecule has 2 heterocycles. The van der Waals surface area contributed by atoms with Gasteiger partial charge >= 0.3 is 12.1 Å². The van der Waals surface area contributed by atoms with Crippen LogP contribution in [0.3, 0.4) is 0 Å². The molecule has 0 fully saturated rings. The quantitative estimate of drug-likeness (QED) is 0.270. The van der Waals surface area contributed by atoms with Gasteiger partial charge in [0.1, 0.15) is 11.5 Å². The normalized spacial score (nSPS) is 11.5. The summed E-state index contributed by atoms with van der Waals surface area (Å²) < 4.78 is 79.6. The van der Waals surface area contributed by atoms with Crippen LogP contribution in [0.5, 0.6) is 5.75 Å². The Bertz CT molecular complexity index is 1100. The number of halogens is 5. The first kappa shape index (κ1) is 24.6. The number of thiophene rings is 1. The summed E-state index contributed by atoms with van der Waals surface area (Å²) in [7, 11) is 0. The standard InChI is InChI=1S/C23H20F5NO3S/c1-3-31-20(30)7-5-14-8-18(24)21(19(25)9-14)32-11-16-17(12-33-22(16)23(26,27)28)15-6-4-13(2)29-10-15/h4,6,8-10,12H,3,5,7,11H2,1-2H3. The van der Waals surface area contributed by atoms with E-state index in [1.54, 1.807) is 26.0 Å². The molecule has 0 unspecified atom stereocenters. The van der Waals surface area contributed by atoms with Gasteiger partial charge in [-0.3, -0.25) is 9.78 Å². The molecule has 0 atom stereocenters. The number of hydrogen-bond acceptors (Lipinski definition) is 5. The van der Waals surface area contributed by atoms with Crippen molar-refractivity contribution in [2.45, 2.75) is 39.5 Å². The molecule has 0 aliphatic carbocycles. The summed E-state index contributed by atoms with van der Waals surface area (Å²) in [5.41, 5.74) is 1.31. The van der Waals surface area contributed by atoms with Crippen molar-refractivity contribution in [3.8, 4) is 16.9 Å². The summed E-state index contributed by atoms with van der Waals surface area (Å²) in [6.07, 6.45) is -3.25. The number of carbonyl (C=O) groups is 1. The van der Waals surface area contributed by atoms with Crippen LogP contribution >= 0.6 is 11.3 Å². The van der Waals surface area contributed by atoms with Crippen molar-refractivity contribution >= 4 is 17.3 Å². The van der Waals surface area contributed by atoms with Gasteiger partial charge in [0.25, 0.3) is 0 Å². The van der Waals surface area contributed by atoms with Crippen molar-refractivity contribution in [3.63, 3.8) is 0 Å². The minimum Gasteiger partial charge on any atom is -0.483 e. The summed E-state index contributed by atoms with van der Waals surface area (Å²) in [6.45, 7) is 2.88. The van der Waals surface area contributed by atoms with E-state index in [9.17, 15) is 26.7 Å². The van der Waals surface area contributed by atoms with Gasteiger partial charge in [0.15, 0.2) is 17.4 Å². The van der Waals surface area contributed by atoms with Crippen molar-refractivity contribution in [1.82, 2.24) is 4.98 Å². The molecule has 0 N–H and O–H groups in total. The zero-order valence-electron chi connectivity index (χ0n) is 17.8. The lowest BCUT2D eigenvalue weighted by molar-refractivity contribution is -0.143. The Morgan fingerprint density at radius 1 is 1.15 bits per heavy atom. The smallest absolute Gasteiger partial charge is 0.426 e. The zero-order chi connectivity index (χ0) is 24.2. The van der Waals surface area contributed by atoms with Crippen molar-refractivity contribution in [2.24, 2.45) is 0 Å². The van der Waals surface area contributed by atoms with Gasteiger partial charge in [-0.25, -0.2) is 8.78 Å². The fraction of sp³-hybridized carbons (Fsp3) is 0.304. The van der Waals surface area contributed by atoms with E-state index < -0.39 is 41.0 Å². The third-order valence-corrected chi connectivity index (χ3v) is 5.78. The predicted molar refractivity (Wildman–Crippen MR) is 113 cm³/mol. The van der Waals surface area contributed by atoms with Gasteiger partial charge in [0.05, 0.1) is 6.61 Å². The number of nitrogens with zero attached hydrogens (tertiary/aromatic N) is 1. The third-order valence-electron chi connectivity index (χ3n) is 4.72. The number of hydrogen-bond donors (Lipinski definition) is 0.